The number of alkyl halides is 3. The Balaban J connectivity index is 2.56. The lowest BCUT2D eigenvalue weighted by molar-refractivity contribution is -0.149. The smallest absolute Gasteiger partial charge is 0.396 e. The molecule has 1 amide bonds. The molecular weight excluding hydrogens is 287 g/mol. The molecule has 0 bridgehead atoms. The molecule has 0 aromatic carbocycles. The Morgan fingerprint density at radius 2 is 2.00 bits per heavy atom. The Morgan fingerprint density at radius 1 is 1.38 bits per heavy atom. The highest BCUT2D eigenvalue weighted by atomic mass is 19.4. The van der Waals surface area contributed by atoms with Crippen LogP contribution >= 0.6 is 0 Å². The van der Waals surface area contributed by atoms with Gasteiger partial charge in [0.15, 0.2) is 0 Å². The number of halogens is 3. The van der Waals surface area contributed by atoms with Crippen molar-refractivity contribution in [2.24, 2.45) is 0 Å². The number of carbonyl (C=O) groups excluding carboxylic acids is 1. The number of rotatable bonds is 7. The summed E-state index contributed by atoms with van der Waals surface area (Å²) in [4.78, 5) is 12.8. The van der Waals surface area contributed by atoms with Crippen molar-refractivity contribution in [3.05, 3.63) is 0 Å². The minimum atomic E-state index is -4.41. The number of aliphatic hydroxyl groups excluding tert-OH is 1. The molecule has 0 aromatic rings. The molecule has 0 spiro atoms. The molecule has 1 rings (SSSR count). The van der Waals surface area contributed by atoms with Crippen molar-refractivity contribution >= 4 is 5.91 Å². The first-order valence-corrected chi connectivity index (χ1v) is 6.92. The van der Waals surface area contributed by atoms with Crippen LogP contribution in [0.3, 0.4) is 0 Å². The maximum absolute atomic E-state index is 12.4. The largest absolute Gasteiger partial charge is 0.401 e. The van der Waals surface area contributed by atoms with Crippen LogP contribution in [0, 0.1) is 11.3 Å². The number of carbonyl (C=O) groups is 1. The predicted octanol–water partition coefficient (Wildman–Crippen LogP) is 1.19. The standard InChI is InChI=1S/C13H20F3N3O2/c14-13(15,16)10-19(6-3-7-20)8-11(21)18-12(9-17)4-1-2-5-12/h20H,1-8,10H2,(H,18,21). The highest BCUT2D eigenvalue weighted by Gasteiger charge is 2.36. The molecule has 5 nitrogen and oxygen atoms in total. The molecule has 21 heavy (non-hydrogen) atoms. The first kappa shape index (κ1) is 17.7. The van der Waals surface area contributed by atoms with E-state index in [2.05, 4.69) is 11.4 Å². The van der Waals surface area contributed by atoms with E-state index in [1.54, 1.807) is 0 Å². The molecule has 120 valence electrons. The second-order valence-corrected chi connectivity index (χ2v) is 5.35. The summed E-state index contributed by atoms with van der Waals surface area (Å²) in [5.41, 5.74) is -0.933. The summed E-state index contributed by atoms with van der Waals surface area (Å²) in [6.45, 7) is -1.90. The van der Waals surface area contributed by atoms with Crippen molar-refractivity contribution in [2.75, 3.05) is 26.2 Å². The van der Waals surface area contributed by atoms with E-state index in [-0.39, 0.29) is 19.6 Å². The molecule has 0 aromatic heterocycles. The third kappa shape index (κ3) is 6.31. The van der Waals surface area contributed by atoms with Gasteiger partial charge in [0.25, 0.3) is 0 Å². The Morgan fingerprint density at radius 3 is 2.48 bits per heavy atom. The molecule has 0 saturated heterocycles. The average Bonchev–Trinajstić information content (AvgIpc) is 2.83. The van der Waals surface area contributed by atoms with Gasteiger partial charge in [0.05, 0.1) is 19.2 Å². The zero-order chi connectivity index (χ0) is 15.9. The van der Waals surface area contributed by atoms with E-state index in [0.29, 0.717) is 12.8 Å². The fourth-order valence-corrected chi connectivity index (χ4v) is 2.51. The second-order valence-electron chi connectivity index (χ2n) is 5.35. The summed E-state index contributed by atoms with van der Waals surface area (Å²) in [7, 11) is 0. The van der Waals surface area contributed by atoms with E-state index in [9.17, 15) is 18.0 Å². The Labute approximate surface area is 121 Å². The summed E-state index contributed by atoms with van der Waals surface area (Å²) in [5, 5.41) is 20.4. The fraction of sp³-hybridized carbons (Fsp3) is 0.846. The summed E-state index contributed by atoms with van der Waals surface area (Å²) >= 11 is 0. The van der Waals surface area contributed by atoms with Gasteiger partial charge in [0, 0.05) is 13.2 Å². The van der Waals surface area contributed by atoms with Crippen LogP contribution in [-0.4, -0.2) is 53.9 Å². The second kappa shape index (κ2) is 7.61. The van der Waals surface area contributed by atoms with Crippen LogP contribution in [-0.2, 0) is 4.79 Å². The molecule has 0 aliphatic heterocycles. The Kier molecular flexibility index (Phi) is 6.42. The molecular formula is C13H20F3N3O2. The Bertz CT molecular complexity index is 387. The van der Waals surface area contributed by atoms with Gasteiger partial charge < -0.3 is 10.4 Å². The lowest BCUT2D eigenvalue weighted by atomic mass is 10.00. The third-order valence-electron chi connectivity index (χ3n) is 3.45. The van der Waals surface area contributed by atoms with Gasteiger partial charge in [-0.3, -0.25) is 9.69 Å². The summed E-state index contributed by atoms with van der Waals surface area (Å²) in [5.74, 6) is -0.583. The van der Waals surface area contributed by atoms with Crippen molar-refractivity contribution in [1.29, 1.82) is 5.26 Å². The van der Waals surface area contributed by atoms with E-state index in [0.717, 1.165) is 17.7 Å². The summed E-state index contributed by atoms with van der Waals surface area (Å²) in [6.07, 6.45) is -1.53. The van der Waals surface area contributed by atoms with Crippen LogP contribution in [0.5, 0.6) is 0 Å². The number of nitriles is 1. The quantitative estimate of drug-likeness (QED) is 0.740. The molecule has 1 aliphatic rings. The number of hydrogen-bond donors (Lipinski definition) is 2. The van der Waals surface area contributed by atoms with Crippen LogP contribution < -0.4 is 5.32 Å². The number of amides is 1. The van der Waals surface area contributed by atoms with Crippen LogP contribution in [0.2, 0.25) is 0 Å². The topological polar surface area (TPSA) is 76.4 Å². The molecule has 1 aliphatic carbocycles. The number of nitrogens with zero attached hydrogens (tertiary/aromatic N) is 2. The van der Waals surface area contributed by atoms with Gasteiger partial charge in [-0.15, -0.1) is 0 Å². The highest BCUT2D eigenvalue weighted by molar-refractivity contribution is 5.79. The number of hydrogen-bond acceptors (Lipinski definition) is 4. The summed E-state index contributed by atoms with van der Waals surface area (Å²) in [6, 6.07) is 2.06. The minimum Gasteiger partial charge on any atom is -0.396 e. The predicted molar refractivity (Wildman–Crippen MR) is 69.2 cm³/mol. The lowest BCUT2D eigenvalue weighted by Gasteiger charge is -2.26. The fourth-order valence-electron chi connectivity index (χ4n) is 2.51. The van der Waals surface area contributed by atoms with E-state index in [1.165, 1.54) is 0 Å². The molecule has 1 saturated carbocycles. The van der Waals surface area contributed by atoms with E-state index in [4.69, 9.17) is 10.4 Å². The first-order valence-electron chi connectivity index (χ1n) is 6.92. The lowest BCUT2D eigenvalue weighted by Crippen LogP contribution is -2.50. The average molecular weight is 307 g/mol. The molecule has 1 fully saturated rings. The van der Waals surface area contributed by atoms with Crippen molar-refractivity contribution in [1.82, 2.24) is 10.2 Å². The normalized spacial score (nSPS) is 17.7. The first-order chi connectivity index (χ1) is 9.80. The SMILES string of the molecule is N#CC1(NC(=O)CN(CCCO)CC(F)(F)F)CCCC1. The molecule has 8 heteroatoms. The van der Waals surface area contributed by atoms with E-state index < -0.39 is 30.7 Å². The van der Waals surface area contributed by atoms with Gasteiger partial charge in [-0.25, -0.2) is 0 Å². The van der Waals surface area contributed by atoms with Crippen LogP contribution in [0.4, 0.5) is 13.2 Å². The molecule has 2 N–H and O–H groups in total. The van der Waals surface area contributed by atoms with Crippen molar-refractivity contribution in [2.45, 2.75) is 43.8 Å². The van der Waals surface area contributed by atoms with Gasteiger partial charge in [0.1, 0.15) is 5.54 Å². The van der Waals surface area contributed by atoms with Gasteiger partial charge in [-0.1, -0.05) is 0 Å². The van der Waals surface area contributed by atoms with Crippen LogP contribution in [0.1, 0.15) is 32.1 Å². The number of aliphatic hydroxyl groups is 1. The van der Waals surface area contributed by atoms with E-state index in [1.807, 2.05) is 0 Å². The molecule has 0 radical (unpaired) electrons. The number of nitrogens with one attached hydrogen (secondary N) is 1. The van der Waals surface area contributed by atoms with Gasteiger partial charge in [0.2, 0.25) is 5.91 Å². The Hall–Kier alpha value is -1.33. The zero-order valence-electron chi connectivity index (χ0n) is 11.7. The summed E-state index contributed by atoms with van der Waals surface area (Å²) < 4.78 is 37.3. The van der Waals surface area contributed by atoms with Crippen molar-refractivity contribution in [3.63, 3.8) is 0 Å². The monoisotopic (exact) mass is 307 g/mol. The molecule has 0 unspecified atom stereocenters. The van der Waals surface area contributed by atoms with Crippen LogP contribution in [0.25, 0.3) is 0 Å². The molecule has 0 atom stereocenters. The maximum Gasteiger partial charge on any atom is 0.401 e. The van der Waals surface area contributed by atoms with E-state index >= 15 is 0 Å². The van der Waals surface area contributed by atoms with Crippen molar-refractivity contribution in [3.8, 4) is 6.07 Å². The third-order valence-corrected chi connectivity index (χ3v) is 3.45. The van der Waals surface area contributed by atoms with Gasteiger partial charge >= 0.3 is 6.18 Å². The van der Waals surface area contributed by atoms with Gasteiger partial charge in [-0.05, 0) is 32.1 Å². The van der Waals surface area contributed by atoms with Crippen LogP contribution in [0.15, 0.2) is 0 Å². The molecule has 0 heterocycles. The van der Waals surface area contributed by atoms with Crippen molar-refractivity contribution < 1.29 is 23.1 Å². The maximum atomic E-state index is 12.4. The highest BCUT2D eigenvalue weighted by Crippen LogP contribution is 2.28. The minimum absolute atomic E-state index is 0.0248. The zero-order valence-corrected chi connectivity index (χ0v) is 11.7. The van der Waals surface area contributed by atoms with Gasteiger partial charge in [-0.2, -0.15) is 18.4 Å².